The molecule has 2 saturated heterocycles. The summed E-state index contributed by atoms with van der Waals surface area (Å²) in [5.41, 5.74) is 0.138. The molecule has 0 saturated carbocycles. The summed E-state index contributed by atoms with van der Waals surface area (Å²) in [5, 5.41) is 6.95. The zero-order valence-electron chi connectivity index (χ0n) is 10.1. The van der Waals surface area contributed by atoms with E-state index in [9.17, 15) is 0 Å². The Morgan fingerprint density at radius 3 is 2.27 bits per heavy atom. The second kappa shape index (κ2) is 4.40. The van der Waals surface area contributed by atoms with Gasteiger partial charge in [0.15, 0.2) is 0 Å². The molecular weight excluding hydrogens is 188 g/mol. The van der Waals surface area contributed by atoms with Crippen LogP contribution in [0.5, 0.6) is 0 Å². The normalized spacial score (nSPS) is 27.6. The van der Waals surface area contributed by atoms with E-state index >= 15 is 0 Å². The molecule has 0 aliphatic carbocycles. The molecule has 0 aromatic carbocycles. The average Bonchev–Trinajstić information content (AvgIpc) is 2.16. The Morgan fingerprint density at radius 1 is 1.13 bits per heavy atom. The van der Waals surface area contributed by atoms with E-state index in [0.717, 1.165) is 38.9 Å². The van der Waals surface area contributed by atoms with Crippen LogP contribution in [0.4, 0.5) is 0 Å². The fourth-order valence-electron chi connectivity index (χ4n) is 2.88. The molecular formula is C12H24N2O. The minimum absolute atomic E-state index is 0.0240. The largest absolute Gasteiger partial charge is 0.351 e. The number of nitrogens with one attached hydrogen (secondary N) is 2. The third kappa shape index (κ3) is 2.19. The van der Waals surface area contributed by atoms with Crippen molar-refractivity contribution >= 4 is 0 Å². The van der Waals surface area contributed by atoms with Crippen molar-refractivity contribution in [3.8, 4) is 0 Å². The van der Waals surface area contributed by atoms with E-state index in [2.05, 4.69) is 24.5 Å². The quantitative estimate of drug-likeness (QED) is 0.743. The standard InChI is InChI=1S/C12H24N2O/c1-3-5-12(6-4-2)14-8-7-11(15-12)9-13-10-11/h13-14H,3-10H2,1-2H3. The second-order valence-corrected chi connectivity index (χ2v) is 5.06. The van der Waals surface area contributed by atoms with E-state index in [1.165, 1.54) is 12.8 Å². The van der Waals surface area contributed by atoms with Gasteiger partial charge in [-0.15, -0.1) is 0 Å². The van der Waals surface area contributed by atoms with E-state index in [4.69, 9.17) is 4.74 Å². The highest BCUT2D eigenvalue weighted by Crippen LogP contribution is 2.35. The van der Waals surface area contributed by atoms with E-state index in [1.807, 2.05) is 0 Å². The van der Waals surface area contributed by atoms with E-state index in [1.54, 1.807) is 0 Å². The molecule has 1 spiro atoms. The third-order valence-electron chi connectivity index (χ3n) is 3.64. The SMILES string of the molecule is CCCC1(CCC)NCCC2(CNC2)O1. The van der Waals surface area contributed by atoms with Crippen molar-refractivity contribution in [1.29, 1.82) is 0 Å². The minimum atomic E-state index is -0.0240. The number of ether oxygens (including phenoxy) is 1. The Morgan fingerprint density at radius 2 is 1.80 bits per heavy atom. The first-order valence-electron chi connectivity index (χ1n) is 6.40. The highest BCUT2D eigenvalue weighted by atomic mass is 16.5. The summed E-state index contributed by atoms with van der Waals surface area (Å²) in [6, 6.07) is 0. The van der Waals surface area contributed by atoms with Crippen molar-refractivity contribution in [2.45, 2.75) is 57.3 Å². The van der Waals surface area contributed by atoms with Crippen LogP contribution in [0, 0.1) is 0 Å². The molecule has 2 aliphatic heterocycles. The molecule has 0 bridgehead atoms. The van der Waals surface area contributed by atoms with Crippen LogP contribution in [0.25, 0.3) is 0 Å². The van der Waals surface area contributed by atoms with Gasteiger partial charge >= 0.3 is 0 Å². The van der Waals surface area contributed by atoms with Gasteiger partial charge in [-0.25, -0.2) is 0 Å². The summed E-state index contributed by atoms with van der Waals surface area (Å²) < 4.78 is 6.40. The molecule has 2 fully saturated rings. The van der Waals surface area contributed by atoms with Gasteiger partial charge in [0.05, 0.1) is 5.60 Å². The first-order valence-corrected chi connectivity index (χ1v) is 6.40. The van der Waals surface area contributed by atoms with Crippen molar-refractivity contribution in [3.63, 3.8) is 0 Å². The van der Waals surface area contributed by atoms with Crippen molar-refractivity contribution in [2.24, 2.45) is 0 Å². The highest BCUT2D eigenvalue weighted by molar-refractivity contribution is 5.01. The Bertz CT molecular complexity index is 202. The zero-order chi connectivity index (χ0) is 10.8. The molecule has 0 aromatic rings. The molecule has 2 N–H and O–H groups in total. The lowest BCUT2D eigenvalue weighted by Crippen LogP contribution is -2.70. The lowest BCUT2D eigenvalue weighted by atomic mass is 9.87. The summed E-state index contributed by atoms with van der Waals surface area (Å²) in [6.07, 6.45) is 5.83. The van der Waals surface area contributed by atoms with Gasteiger partial charge in [-0.3, -0.25) is 5.32 Å². The number of hydrogen-bond acceptors (Lipinski definition) is 3. The van der Waals surface area contributed by atoms with Crippen LogP contribution in [0.3, 0.4) is 0 Å². The molecule has 2 aliphatic rings. The Kier molecular flexibility index (Phi) is 3.33. The maximum atomic E-state index is 6.40. The first-order chi connectivity index (χ1) is 7.24. The monoisotopic (exact) mass is 212 g/mol. The molecule has 3 nitrogen and oxygen atoms in total. The van der Waals surface area contributed by atoms with Crippen LogP contribution < -0.4 is 10.6 Å². The van der Waals surface area contributed by atoms with Crippen LogP contribution in [0.15, 0.2) is 0 Å². The highest BCUT2D eigenvalue weighted by Gasteiger charge is 2.47. The summed E-state index contributed by atoms with van der Waals surface area (Å²) in [5.74, 6) is 0. The van der Waals surface area contributed by atoms with Gasteiger partial charge in [0.25, 0.3) is 0 Å². The van der Waals surface area contributed by atoms with Gasteiger partial charge in [0.2, 0.25) is 0 Å². The summed E-state index contributed by atoms with van der Waals surface area (Å²) in [6.45, 7) is 7.68. The number of rotatable bonds is 4. The maximum absolute atomic E-state index is 6.40. The van der Waals surface area contributed by atoms with Crippen LogP contribution in [-0.2, 0) is 4.74 Å². The Balaban J connectivity index is 2.02. The topological polar surface area (TPSA) is 33.3 Å². The van der Waals surface area contributed by atoms with E-state index in [-0.39, 0.29) is 11.3 Å². The van der Waals surface area contributed by atoms with Gasteiger partial charge in [-0.1, -0.05) is 26.7 Å². The van der Waals surface area contributed by atoms with Crippen LogP contribution in [0.1, 0.15) is 46.0 Å². The predicted molar refractivity (Wildman–Crippen MR) is 61.9 cm³/mol. The van der Waals surface area contributed by atoms with Crippen molar-refractivity contribution < 1.29 is 4.74 Å². The van der Waals surface area contributed by atoms with Gasteiger partial charge < -0.3 is 10.1 Å². The molecule has 15 heavy (non-hydrogen) atoms. The lowest BCUT2D eigenvalue weighted by molar-refractivity contribution is -0.224. The molecule has 2 rings (SSSR count). The molecule has 0 amide bonds. The van der Waals surface area contributed by atoms with Crippen molar-refractivity contribution in [2.75, 3.05) is 19.6 Å². The predicted octanol–water partition coefficient (Wildman–Crippen LogP) is 1.63. The minimum Gasteiger partial charge on any atom is -0.351 e. The molecule has 3 heteroatoms. The average molecular weight is 212 g/mol. The molecule has 88 valence electrons. The lowest BCUT2D eigenvalue weighted by Gasteiger charge is -2.53. The second-order valence-electron chi connectivity index (χ2n) is 5.06. The van der Waals surface area contributed by atoms with Crippen LogP contribution >= 0.6 is 0 Å². The summed E-state index contributed by atoms with van der Waals surface area (Å²) in [4.78, 5) is 0. The van der Waals surface area contributed by atoms with Crippen LogP contribution in [-0.4, -0.2) is 31.0 Å². The molecule has 0 unspecified atom stereocenters. The zero-order valence-corrected chi connectivity index (χ0v) is 10.1. The molecule has 0 atom stereocenters. The third-order valence-corrected chi connectivity index (χ3v) is 3.64. The molecule has 0 radical (unpaired) electrons. The van der Waals surface area contributed by atoms with E-state index < -0.39 is 0 Å². The molecule has 0 aromatic heterocycles. The molecule has 2 heterocycles. The van der Waals surface area contributed by atoms with Crippen molar-refractivity contribution in [1.82, 2.24) is 10.6 Å². The van der Waals surface area contributed by atoms with Gasteiger partial charge in [0.1, 0.15) is 5.72 Å². The fraction of sp³-hybridized carbons (Fsp3) is 1.00. The summed E-state index contributed by atoms with van der Waals surface area (Å²) in [7, 11) is 0. The van der Waals surface area contributed by atoms with E-state index in [0.29, 0.717) is 0 Å². The van der Waals surface area contributed by atoms with Gasteiger partial charge in [-0.05, 0) is 19.3 Å². The van der Waals surface area contributed by atoms with Gasteiger partial charge in [-0.2, -0.15) is 0 Å². The first kappa shape index (κ1) is 11.4. The van der Waals surface area contributed by atoms with Gasteiger partial charge in [0, 0.05) is 19.6 Å². The maximum Gasteiger partial charge on any atom is 0.120 e. The number of hydrogen-bond donors (Lipinski definition) is 2. The van der Waals surface area contributed by atoms with Crippen molar-refractivity contribution in [3.05, 3.63) is 0 Å². The summed E-state index contributed by atoms with van der Waals surface area (Å²) >= 11 is 0. The Hall–Kier alpha value is -0.120. The smallest absolute Gasteiger partial charge is 0.120 e. The Labute approximate surface area is 93.0 Å². The van der Waals surface area contributed by atoms with Crippen LogP contribution in [0.2, 0.25) is 0 Å². The fourth-order valence-corrected chi connectivity index (χ4v) is 2.88.